The first-order valence-corrected chi connectivity index (χ1v) is 6.18. The van der Waals surface area contributed by atoms with Crippen LogP contribution in [-0.2, 0) is 0 Å². The summed E-state index contributed by atoms with van der Waals surface area (Å²) in [6, 6.07) is 2.21. The van der Waals surface area contributed by atoms with Gasteiger partial charge in [0.15, 0.2) is 0 Å². The lowest BCUT2D eigenvalue weighted by molar-refractivity contribution is 0.133. The molecule has 1 rings (SSSR count). The maximum atomic E-state index is 8.51. The van der Waals surface area contributed by atoms with Gasteiger partial charge in [-0.05, 0) is 13.0 Å². The van der Waals surface area contributed by atoms with E-state index in [9.17, 15) is 0 Å². The second kappa shape index (κ2) is 7.67. The third kappa shape index (κ3) is 5.15. The molecule has 0 aromatic rings. The average molecular weight is 209 g/mol. The van der Waals surface area contributed by atoms with Gasteiger partial charge < -0.3 is 4.90 Å². The van der Waals surface area contributed by atoms with Crippen molar-refractivity contribution in [1.29, 1.82) is 5.26 Å². The van der Waals surface area contributed by atoms with Crippen LogP contribution in [-0.4, -0.2) is 49.1 Å². The summed E-state index contributed by atoms with van der Waals surface area (Å²) in [4.78, 5) is 4.96. The second-order valence-corrected chi connectivity index (χ2v) is 4.30. The first-order chi connectivity index (χ1) is 7.36. The molecule has 1 aliphatic rings. The Kier molecular flexibility index (Phi) is 6.38. The molecule has 1 aliphatic heterocycles. The van der Waals surface area contributed by atoms with Crippen molar-refractivity contribution in [2.24, 2.45) is 0 Å². The molecule has 0 aromatic heterocycles. The molecule has 0 aromatic carbocycles. The molecule has 3 heteroatoms. The number of nitriles is 1. The van der Waals surface area contributed by atoms with Gasteiger partial charge in [0.1, 0.15) is 0 Å². The summed E-state index contributed by atoms with van der Waals surface area (Å²) >= 11 is 0. The number of nitrogens with zero attached hydrogens (tertiary/aromatic N) is 3. The van der Waals surface area contributed by atoms with Gasteiger partial charge in [0.25, 0.3) is 0 Å². The maximum absolute atomic E-state index is 8.51. The quantitative estimate of drug-likeness (QED) is 0.624. The topological polar surface area (TPSA) is 30.3 Å². The van der Waals surface area contributed by atoms with Crippen molar-refractivity contribution in [1.82, 2.24) is 9.80 Å². The van der Waals surface area contributed by atoms with Gasteiger partial charge in [0.2, 0.25) is 0 Å². The van der Waals surface area contributed by atoms with E-state index >= 15 is 0 Å². The van der Waals surface area contributed by atoms with Gasteiger partial charge in [-0.3, -0.25) is 4.90 Å². The molecular formula is C12H23N3. The van der Waals surface area contributed by atoms with Crippen molar-refractivity contribution in [3.8, 4) is 6.07 Å². The minimum Gasteiger partial charge on any atom is -0.301 e. The fourth-order valence-corrected chi connectivity index (χ4v) is 2.03. The maximum Gasteiger partial charge on any atom is 0.0635 e. The molecule has 0 unspecified atom stereocenters. The van der Waals surface area contributed by atoms with Crippen LogP contribution >= 0.6 is 0 Å². The van der Waals surface area contributed by atoms with Gasteiger partial charge in [-0.25, -0.2) is 0 Å². The molecule has 0 N–H and O–H groups in total. The zero-order chi connectivity index (χ0) is 10.9. The fraction of sp³-hybridized carbons (Fsp3) is 0.917. The zero-order valence-electron chi connectivity index (χ0n) is 9.91. The Hall–Kier alpha value is -0.590. The van der Waals surface area contributed by atoms with Gasteiger partial charge in [-0.2, -0.15) is 5.26 Å². The van der Waals surface area contributed by atoms with Crippen LogP contribution in [0.15, 0.2) is 0 Å². The molecule has 0 spiro atoms. The van der Waals surface area contributed by atoms with Gasteiger partial charge in [0.05, 0.1) is 6.07 Å². The van der Waals surface area contributed by atoms with Crippen LogP contribution in [0.4, 0.5) is 0 Å². The van der Waals surface area contributed by atoms with Crippen LogP contribution < -0.4 is 0 Å². The Bertz CT molecular complexity index is 190. The first-order valence-electron chi connectivity index (χ1n) is 6.18. The van der Waals surface area contributed by atoms with E-state index in [4.69, 9.17) is 5.26 Å². The monoisotopic (exact) mass is 209 g/mol. The number of rotatable bonds is 6. The van der Waals surface area contributed by atoms with Crippen molar-refractivity contribution in [3.63, 3.8) is 0 Å². The molecule has 0 saturated carbocycles. The summed E-state index contributed by atoms with van der Waals surface area (Å²) in [6.45, 7) is 9.14. The van der Waals surface area contributed by atoms with Crippen LogP contribution in [0.5, 0.6) is 0 Å². The molecule has 1 saturated heterocycles. The Balaban J connectivity index is 2.05. The van der Waals surface area contributed by atoms with Crippen LogP contribution in [0.25, 0.3) is 0 Å². The van der Waals surface area contributed by atoms with E-state index in [2.05, 4.69) is 22.8 Å². The standard InChI is InChI=1S/C12H23N3/c1-2-3-4-7-14-9-11-15(12-10-14)8-5-6-13/h2-5,7-12H2,1H3. The molecule has 3 nitrogen and oxygen atoms in total. The van der Waals surface area contributed by atoms with Crippen molar-refractivity contribution in [3.05, 3.63) is 0 Å². The summed E-state index contributed by atoms with van der Waals surface area (Å²) in [5.41, 5.74) is 0. The van der Waals surface area contributed by atoms with Crippen LogP contribution in [0.3, 0.4) is 0 Å². The van der Waals surface area contributed by atoms with E-state index in [0.717, 1.165) is 19.6 Å². The van der Waals surface area contributed by atoms with Gasteiger partial charge >= 0.3 is 0 Å². The number of piperazine rings is 1. The van der Waals surface area contributed by atoms with Crippen molar-refractivity contribution < 1.29 is 0 Å². The number of unbranched alkanes of at least 4 members (excludes halogenated alkanes) is 2. The highest BCUT2D eigenvalue weighted by molar-refractivity contribution is 4.76. The summed E-state index contributed by atoms with van der Waals surface area (Å²) in [7, 11) is 0. The Morgan fingerprint density at radius 1 is 1.00 bits per heavy atom. The minimum atomic E-state index is 0.676. The Labute approximate surface area is 93.7 Å². The SMILES string of the molecule is CCCCCN1CCN(CCC#N)CC1. The number of hydrogen-bond acceptors (Lipinski definition) is 3. The highest BCUT2D eigenvalue weighted by Gasteiger charge is 2.15. The Morgan fingerprint density at radius 2 is 1.60 bits per heavy atom. The first kappa shape index (κ1) is 12.5. The lowest BCUT2D eigenvalue weighted by Gasteiger charge is -2.34. The predicted molar refractivity (Wildman–Crippen MR) is 62.6 cm³/mol. The molecule has 86 valence electrons. The van der Waals surface area contributed by atoms with E-state index < -0.39 is 0 Å². The smallest absolute Gasteiger partial charge is 0.0635 e. The van der Waals surface area contributed by atoms with E-state index in [-0.39, 0.29) is 0 Å². The van der Waals surface area contributed by atoms with Crippen LogP contribution in [0.1, 0.15) is 32.6 Å². The van der Waals surface area contributed by atoms with Crippen molar-refractivity contribution >= 4 is 0 Å². The Morgan fingerprint density at radius 3 is 2.13 bits per heavy atom. The molecule has 0 aliphatic carbocycles. The fourth-order valence-electron chi connectivity index (χ4n) is 2.03. The minimum absolute atomic E-state index is 0.676. The van der Waals surface area contributed by atoms with E-state index in [0.29, 0.717) is 6.42 Å². The van der Waals surface area contributed by atoms with Gasteiger partial charge in [0, 0.05) is 39.1 Å². The largest absolute Gasteiger partial charge is 0.301 e. The molecule has 0 atom stereocenters. The molecule has 0 bridgehead atoms. The molecule has 15 heavy (non-hydrogen) atoms. The molecule has 1 heterocycles. The lowest BCUT2D eigenvalue weighted by Crippen LogP contribution is -2.46. The highest BCUT2D eigenvalue weighted by atomic mass is 15.3. The van der Waals surface area contributed by atoms with Crippen LogP contribution in [0, 0.1) is 11.3 Å². The summed E-state index contributed by atoms with van der Waals surface area (Å²) in [5, 5.41) is 8.51. The second-order valence-electron chi connectivity index (χ2n) is 4.30. The average Bonchev–Trinajstić information content (AvgIpc) is 2.28. The lowest BCUT2D eigenvalue weighted by atomic mass is 10.2. The van der Waals surface area contributed by atoms with E-state index in [1.807, 2.05) is 0 Å². The third-order valence-electron chi connectivity index (χ3n) is 3.08. The molecule has 0 radical (unpaired) electrons. The summed E-state index contributed by atoms with van der Waals surface area (Å²) < 4.78 is 0. The van der Waals surface area contributed by atoms with E-state index in [1.54, 1.807) is 0 Å². The number of hydrogen-bond donors (Lipinski definition) is 0. The molecule has 0 amide bonds. The van der Waals surface area contributed by atoms with Crippen molar-refractivity contribution in [2.45, 2.75) is 32.6 Å². The third-order valence-corrected chi connectivity index (χ3v) is 3.08. The van der Waals surface area contributed by atoms with E-state index in [1.165, 1.54) is 38.9 Å². The van der Waals surface area contributed by atoms with Crippen LogP contribution in [0.2, 0.25) is 0 Å². The molecule has 1 fully saturated rings. The van der Waals surface area contributed by atoms with Crippen molar-refractivity contribution in [2.75, 3.05) is 39.3 Å². The van der Waals surface area contributed by atoms with Gasteiger partial charge in [-0.15, -0.1) is 0 Å². The highest BCUT2D eigenvalue weighted by Crippen LogP contribution is 2.04. The predicted octanol–water partition coefficient (Wildman–Crippen LogP) is 1.71. The summed E-state index contributed by atoms with van der Waals surface area (Å²) in [5.74, 6) is 0. The molecular weight excluding hydrogens is 186 g/mol. The zero-order valence-corrected chi connectivity index (χ0v) is 9.91. The van der Waals surface area contributed by atoms with Gasteiger partial charge in [-0.1, -0.05) is 19.8 Å². The summed E-state index contributed by atoms with van der Waals surface area (Å²) in [6.07, 6.45) is 4.68. The normalized spacial score (nSPS) is 18.9.